The molecule has 0 aliphatic carbocycles. The van der Waals surface area contributed by atoms with Gasteiger partial charge in [-0.25, -0.2) is 9.18 Å². The summed E-state index contributed by atoms with van der Waals surface area (Å²) in [6, 6.07) is 1.36. The zero-order chi connectivity index (χ0) is 16.2. The lowest BCUT2D eigenvalue weighted by molar-refractivity contribution is -0.122. The van der Waals surface area contributed by atoms with Gasteiger partial charge in [-0.05, 0) is 31.5 Å². The van der Waals surface area contributed by atoms with E-state index in [1.807, 2.05) is 5.32 Å². The van der Waals surface area contributed by atoms with Gasteiger partial charge in [0.15, 0.2) is 0 Å². The summed E-state index contributed by atoms with van der Waals surface area (Å²) >= 11 is 11.6. The van der Waals surface area contributed by atoms with Crippen molar-refractivity contribution in [1.29, 1.82) is 0 Å². The molecule has 0 bridgehead atoms. The second kappa shape index (κ2) is 7.59. The summed E-state index contributed by atoms with van der Waals surface area (Å²) in [5, 5.41) is 5.13. The number of alkyl carbamates (subject to hydrolysis) is 1. The Balaban J connectivity index is 2.77. The van der Waals surface area contributed by atoms with Crippen LogP contribution in [-0.2, 0) is 9.53 Å². The Kier molecular flexibility index (Phi) is 6.39. The van der Waals surface area contributed by atoms with Gasteiger partial charge in [0.25, 0.3) is 0 Å². The Labute approximate surface area is 131 Å². The summed E-state index contributed by atoms with van der Waals surface area (Å²) in [5.74, 6) is -1.17. The number of methoxy groups -OCH3 is 1. The van der Waals surface area contributed by atoms with Crippen LogP contribution in [0.1, 0.15) is 25.5 Å². The predicted molar refractivity (Wildman–Crippen MR) is 78.0 cm³/mol. The van der Waals surface area contributed by atoms with Crippen LogP contribution in [0.15, 0.2) is 12.1 Å². The average Bonchev–Trinajstić information content (AvgIpc) is 2.42. The zero-order valence-corrected chi connectivity index (χ0v) is 13.2. The lowest BCUT2D eigenvalue weighted by Gasteiger charge is -2.20. The first-order valence-corrected chi connectivity index (χ1v) is 6.81. The van der Waals surface area contributed by atoms with Gasteiger partial charge in [-0.1, -0.05) is 23.2 Å². The van der Waals surface area contributed by atoms with Crippen LogP contribution in [0.3, 0.4) is 0 Å². The summed E-state index contributed by atoms with van der Waals surface area (Å²) in [6.45, 7) is 3.26. The smallest absolute Gasteiger partial charge is 0.413 e. The molecule has 8 heteroatoms. The molecule has 2 amide bonds. The number of imide groups is 1. The molecular formula is C13H15Cl2FN2O3. The molecule has 0 radical (unpaired) electrons. The highest BCUT2D eigenvalue weighted by Gasteiger charge is 2.20. The van der Waals surface area contributed by atoms with E-state index in [0.717, 1.165) is 7.11 Å². The number of hydrogen-bond acceptors (Lipinski definition) is 4. The molecule has 0 aliphatic rings. The molecule has 116 valence electrons. The van der Waals surface area contributed by atoms with Gasteiger partial charge in [0.2, 0.25) is 5.91 Å². The Morgan fingerprint density at radius 2 is 1.86 bits per heavy atom. The number of halogens is 3. The molecule has 2 atom stereocenters. The van der Waals surface area contributed by atoms with Crippen molar-refractivity contribution in [1.82, 2.24) is 10.6 Å². The lowest BCUT2D eigenvalue weighted by Crippen LogP contribution is -2.45. The fourth-order valence-corrected chi connectivity index (χ4v) is 2.22. The lowest BCUT2D eigenvalue weighted by atomic mass is 10.1. The Morgan fingerprint density at radius 1 is 1.24 bits per heavy atom. The molecule has 1 rings (SSSR count). The van der Waals surface area contributed by atoms with E-state index < -0.39 is 29.9 Å². The van der Waals surface area contributed by atoms with Crippen LogP contribution in [0, 0.1) is 5.82 Å². The van der Waals surface area contributed by atoms with E-state index in [1.54, 1.807) is 13.8 Å². The SMILES string of the molecule is COC(=O)NC(=O)[C@H](C)N[C@@H](C)c1cc(F)c(Cl)cc1Cl. The molecule has 0 spiro atoms. The summed E-state index contributed by atoms with van der Waals surface area (Å²) in [7, 11) is 1.15. The first-order valence-electron chi connectivity index (χ1n) is 6.05. The van der Waals surface area contributed by atoms with Gasteiger partial charge < -0.3 is 4.74 Å². The van der Waals surface area contributed by atoms with Crippen molar-refractivity contribution in [2.45, 2.75) is 25.9 Å². The molecular weight excluding hydrogens is 322 g/mol. The van der Waals surface area contributed by atoms with E-state index in [2.05, 4.69) is 10.1 Å². The number of hydrogen-bond donors (Lipinski definition) is 2. The Morgan fingerprint density at radius 3 is 2.43 bits per heavy atom. The van der Waals surface area contributed by atoms with Crippen LogP contribution < -0.4 is 10.6 Å². The summed E-state index contributed by atoms with van der Waals surface area (Å²) in [6.07, 6.45) is -0.850. The number of amides is 2. The van der Waals surface area contributed by atoms with Gasteiger partial charge >= 0.3 is 6.09 Å². The predicted octanol–water partition coefficient (Wildman–Crippen LogP) is 3.05. The van der Waals surface area contributed by atoms with Crippen molar-refractivity contribution in [2.24, 2.45) is 0 Å². The number of carbonyl (C=O) groups excluding carboxylic acids is 2. The van der Waals surface area contributed by atoms with Crippen molar-refractivity contribution in [3.63, 3.8) is 0 Å². The molecule has 0 saturated carbocycles. The molecule has 0 heterocycles. The third-order valence-electron chi connectivity index (χ3n) is 2.81. The number of nitrogens with one attached hydrogen (secondary N) is 2. The van der Waals surface area contributed by atoms with Crippen molar-refractivity contribution in [3.8, 4) is 0 Å². The normalized spacial score (nSPS) is 13.4. The highest BCUT2D eigenvalue weighted by molar-refractivity contribution is 6.35. The van der Waals surface area contributed by atoms with E-state index in [-0.39, 0.29) is 10.0 Å². The maximum absolute atomic E-state index is 13.5. The first kappa shape index (κ1) is 17.7. The van der Waals surface area contributed by atoms with E-state index in [4.69, 9.17) is 23.2 Å². The van der Waals surface area contributed by atoms with Crippen molar-refractivity contribution in [3.05, 3.63) is 33.6 Å². The second-order valence-electron chi connectivity index (χ2n) is 4.38. The van der Waals surface area contributed by atoms with Gasteiger partial charge in [-0.15, -0.1) is 0 Å². The van der Waals surface area contributed by atoms with Crippen LogP contribution in [-0.4, -0.2) is 25.2 Å². The molecule has 0 aliphatic heterocycles. The highest BCUT2D eigenvalue weighted by Crippen LogP contribution is 2.28. The molecule has 1 aromatic carbocycles. The van der Waals surface area contributed by atoms with E-state index >= 15 is 0 Å². The molecule has 0 saturated heterocycles. The third kappa shape index (κ3) is 4.84. The van der Waals surface area contributed by atoms with Gasteiger partial charge in [0, 0.05) is 11.1 Å². The standard InChI is InChI=1S/C13H15Cl2FN2O3/c1-6(8-4-11(16)10(15)5-9(8)14)17-7(2)12(19)18-13(20)21-3/h4-7,17H,1-3H3,(H,18,19,20)/t6-,7-/m0/s1. The topological polar surface area (TPSA) is 67.4 Å². The highest BCUT2D eigenvalue weighted by atomic mass is 35.5. The average molecular weight is 337 g/mol. The molecule has 0 fully saturated rings. The molecule has 2 N–H and O–H groups in total. The molecule has 0 unspecified atom stereocenters. The maximum atomic E-state index is 13.5. The third-order valence-corrected chi connectivity index (χ3v) is 3.43. The van der Waals surface area contributed by atoms with Crippen LogP contribution in [0.2, 0.25) is 10.0 Å². The van der Waals surface area contributed by atoms with Crippen molar-refractivity contribution < 1.29 is 18.7 Å². The maximum Gasteiger partial charge on any atom is 0.413 e. The van der Waals surface area contributed by atoms with Gasteiger partial charge in [-0.2, -0.15) is 0 Å². The van der Waals surface area contributed by atoms with E-state index in [9.17, 15) is 14.0 Å². The second-order valence-corrected chi connectivity index (χ2v) is 5.19. The van der Waals surface area contributed by atoms with Crippen LogP contribution >= 0.6 is 23.2 Å². The molecule has 0 aromatic heterocycles. The molecule has 21 heavy (non-hydrogen) atoms. The monoisotopic (exact) mass is 336 g/mol. The van der Waals surface area contributed by atoms with Crippen LogP contribution in [0.4, 0.5) is 9.18 Å². The van der Waals surface area contributed by atoms with Gasteiger partial charge in [0.05, 0.1) is 18.2 Å². The number of rotatable bonds is 4. The minimum atomic E-state index is -0.850. The largest absolute Gasteiger partial charge is 0.453 e. The fraction of sp³-hybridized carbons (Fsp3) is 0.385. The van der Waals surface area contributed by atoms with Gasteiger partial charge in [-0.3, -0.25) is 15.4 Å². The van der Waals surface area contributed by atoms with Crippen molar-refractivity contribution >= 4 is 35.2 Å². The zero-order valence-electron chi connectivity index (χ0n) is 11.7. The number of ether oxygens (including phenoxy) is 1. The van der Waals surface area contributed by atoms with E-state index in [0.29, 0.717) is 5.56 Å². The molecule has 5 nitrogen and oxygen atoms in total. The summed E-state index contributed by atoms with van der Waals surface area (Å²) in [4.78, 5) is 22.6. The van der Waals surface area contributed by atoms with Crippen LogP contribution in [0.25, 0.3) is 0 Å². The molecule has 1 aromatic rings. The van der Waals surface area contributed by atoms with Gasteiger partial charge in [0.1, 0.15) is 5.82 Å². The number of carbonyl (C=O) groups is 2. The quantitative estimate of drug-likeness (QED) is 0.829. The minimum absolute atomic E-state index is 0.0765. The minimum Gasteiger partial charge on any atom is -0.453 e. The fourth-order valence-electron chi connectivity index (χ4n) is 1.67. The summed E-state index contributed by atoms with van der Waals surface area (Å²) < 4.78 is 17.8. The summed E-state index contributed by atoms with van der Waals surface area (Å²) in [5.41, 5.74) is 0.455. The van der Waals surface area contributed by atoms with Crippen LogP contribution in [0.5, 0.6) is 0 Å². The first-order chi connectivity index (χ1) is 9.76. The number of benzene rings is 1. The van der Waals surface area contributed by atoms with Crippen molar-refractivity contribution in [2.75, 3.05) is 7.11 Å². The Hall–Kier alpha value is -1.37. The van der Waals surface area contributed by atoms with E-state index in [1.165, 1.54) is 12.1 Å². The Bertz CT molecular complexity index is 554.